The van der Waals surface area contributed by atoms with Crippen molar-refractivity contribution in [3.63, 3.8) is 0 Å². The fourth-order valence-corrected chi connectivity index (χ4v) is 3.15. The van der Waals surface area contributed by atoms with Crippen LogP contribution in [0.25, 0.3) is 5.69 Å². The van der Waals surface area contributed by atoms with Crippen LogP contribution in [0.5, 0.6) is 0 Å². The monoisotopic (exact) mass is 282 g/mol. The molecule has 0 spiro atoms. The van der Waals surface area contributed by atoms with Gasteiger partial charge >= 0.3 is 0 Å². The third-order valence-electron chi connectivity index (χ3n) is 2.57. The molecular formula is C12H14N2S3. The Morgan fingerprint density at radius 2 is 1.65 bits per heavy atom. The van der Waals surface area contributed by atoms with Gasteiger partial charge in [0.1, 0.15) is 10.1 Å². The molecule has 1 aromatic carbocycles. The summed E-state index contributed by atoms with van der Waals surface area (Å²) in [6, 6.07) is 10.2. The zero-order chi connectivity index (χ0) is 12.6. The molecule has 0 amide bonds. The van der Waals surface area contributed by atoms with E-state index in [1.807, 2.05) is 39.5 Å². The van der Waals surface area contributed by atoms with Gasteiger partial charge in [-0.15, -0.1) is 25.3 Å². The molecule has 0 atom stereocenters. The number of rotatable bonds is 2. The lowest BCUT2D eigenvalue weighted by atomic mass is 10.3. The van der Waals surface area contributed by atoms with Crippen molar-refractivity contribution in [1.82, 2.24) is 9.13 Å². The minimum absolute atomic E-state index is 0.269. The highest BCUT2D eigenvalue weighted by molar-refractivity contribution is 7.83. The summed E-state index contributed by atoms with van der Waals surface area (Å²) in [5.41, 5.74) is 1.01. The average molecular weight is 282 g/mol. The number of nitrogens with zero attached hydrogens (tertiary/aromatic N) is 2. The van der Waals surface area contributed by atoms with Crippen molar-refractivity contribution >= 4 is 37.5 Å². The Hall–Kier alpha value is -0.650. The highest BCUT2D eigenvalue weighted by atomic mass is 32.1. The van der Waals surface area contributed by atoms with Crippen molar-refractivity contribution in [2.24, 2.45) is 0 Å². The van der Waals surface area contributed by atoms with Crippen LogP contribution in [-0.2, 0) is 0 Å². The zero-order valence-corrected chi connectivity index (χ0v) is 12.3. The van der Waals surface area contributed by atoms with Crippen molar-refractivity contribution in [3.8, 4) is 5.69 Å². The topological polar surface area (TPSA) is 9.86 Å². The van der Waals surface area contributed by atoms with Crippen LogP contribution < -0.4 is 0 Å². The molecule has 2 nitrogen and oxygen atoms in total. The van der Waals surface area contributed by atoms with Crippen molar-refractivity contribution in [2.75, 3.05) is 0 Å². The van der Waals surface area contributed by atoms with Gasteiger partial charge in [-0.25, -0.2) is 0 Å². The quantitative estimate of drug-likeness (QED) is 0.621. The van der Waals surface area contributed by atoms with Crippen LogP contribution in [0, 0.1) is 4.77 Å². The van der Waals surface area contributed by atoms with Gasteiger partial charge in [-0.2, -0.15) is 0 Å². The molecule has 0 aliphatic heterocycles. The lowest BCUT2D eigenvalue weighted by Gasteiger charge is -2.08. The van der Waals surface area contributed by atoms with Crippen molar-refractivity contribution in [1.29, 1.82) is 0 Å². The van der Waals surface area contributed by atoms with Crippen LogP contribution >= 0.6 is 37.5 Å². The molecule has 1 aromatic heterocycles. The molecule has 0 N–H and O–H groups in total. The summed E-state index contributed by atoms with van der Waals surface area (Å²) in [6.07, 6.45) is 0. The molecule has 0 saturated carbocycles. The van der Waals surface area contributed by atoms with Crippen LogP contribution in [0.2, 0.25) is 0 Å². The Kier molecular flexibility index (Phi) is 3.70. The fourth-order valence-electron chi connectivity index (χ4n) is 1.77. The lowest BCUT2D eigenvalue weighted by Crippen LogP contribution is -2.02. The van der Waals surface area contributed by atoms with Crippen LogP contribution in [0.15, 0.2) is 40.4 Å². The maximum atomic E-state index is 5.49. The molecule has 0 radical (unpaired) electrons. The molecule has 17 heavy (non-hydrogen) atoms. The molecule has 0 unspecified atom stereocenters. The number of thiol groups is 2. The number of hydrogen-bond donors (Lipinski definition) is 2. The summed E-state index contributed by atoms with van der Waals surface area (Å²) in [5.74, 6) is 0. The van der Waals surface area contributed by atoms with Crippen molar-refractivity contribution in [2.45, 2.75) is 29.9 Å². The molecule has 2 rings (SSSR count). The maximum absolute atomic E-state index is 5.49. The summed E-state index contributed by atoms with van der Waals surface area (Å²) in [4.78, 5) is 0. The van der Waals surface area contributed by atoms with E-state index in [2.05, 4.69) is 39.1 Å². The van der Waals surface area contributed by atoms with Gasteiger partial charge in [0, 0.05) is 11.7 Å². The van der Waals surface area contributed by atoms with Gasteiger partial charge in [-0.1, -0.05) is 18.2 Å². The Bertz CT molecular complexity index is 582. The zero-order valence-electron chi connectivity index (χ0n) is 9.66. The molecular weight excluding hydrogens is 268 g/mol. The number of aromatic nitrogens is 2. The molecule has 0 fully saturated rings. The first kappa shape index (κ1) is 12.8. The molecule has 5 heteroatoms. The second kappa shape index (κ2) is 4.92. The van der Waals surface area contributed by atoms with Crippen LogP contribution in [0.4, 0.5) is 0 Å². The van der Waals surface area contributed by atoms with Gasteiger partial charge in [0.05, 0.1) is 0 Å². The van der Waals surface area contributed by atoms with E-state index in [0.717, 1.165) is 20.5 Å². The number of benzene rings is 1. The maximum Gasteiger partial charge on any atom is 0.186 e. The van der Waals surface area contributed by atoms with E-state index in [9.17, 15) is 0 Å². The Morgan fingerprint density at radius 1 is 1.06 bits per heavy atom. The molecule has 0 bridgehead atoms. The fraction of sp³-hybridized carbons (Fsp3) is 0.250. The second-order valence-electron chi connectivity index (χ2n) is 4.06. The van der Waals surface area contributed by atoms with Gasteiger partial charge in [0.15, 0.2) is 4.77 Å². The minimum Gasteiger partial charge on any atom is -0.308 e. The highest BCUT2D eigenvalue weighted by Crippen LogP contribution is 2.27. The van der Waals surface area contributed by atoms with E-state index >= 15 is 0 Å². The van der Waals surface area contributed by atoms with E-state index < -0.39 is 0 Å². The van der Waals surface area contributed by atoms with Gasteiger partial charge in [0.2, 0.25) is 0 Å². The molecule has 1 heterocycles. The summed E-state index contributed by atoms with van der Waals surface area (Å²) in [5, 5.41) is 1.58. The summed E-state index contributed by atoms with van der Waals surface area (Å²) in [6.45, 7) is 4.16. The van der Waals surface area contributed by atoms with E-state index in [0.29, 0.717) is 0 Å². The third kappa shape index (κ3) is 2.19. The van der Waals surface area contributed by atoms with Crippen molar-refractivity contribution in [3.05, 3.63) is 35.1 Å². The van der Waals surface area contributed by atoms with E-state index in [4.69, 9.17) is 12.2 Å². The first-order valence-electron chi connectivity index (χ1n) is 5.34. The van der Waals surface area contributed by atoms with Crippen LogP contribution in [0.3, 0.4) is 0 Å². The van der Waals surface area contributed by atoms with E-state index in [-0.39, 0.29) is 6.04 Å². The summed E-state index contributed by atoms with van der Waals surface area (Å²) >= 11 is 14.5. The van der Waals surface area contributed by atoms with Crippen LogP contribution in [0.1, 0.15) is 19.9 Å². The largest absolute Gasteiger partial charge is 0.308 e. The minimum atomic E-state index is 0.269. The molecule has 90 valence electrons. The van der Waals surface area contributed by atoms with Gasteiger partial charge in [-0.3, -0.25) is 4.57 Å². The van der Waals surface area contributed by atoms with Gasteiger partial charge in [-0.05, 0) is 38.2 Å². The molecule has 2 aromatic rings. The van der Waals surface area contributed by atoms with Gasteiger partial charge in [0.25, 0.3) is 0 Å². The van der Waals surface area contributed by atoms with Crippen molar-refractivity contribution < 1.29 is 0 Å². The molecule has 0 aliphatic carbocycles. The lowest BCUT2D eigenvalue weighted by molar-refractivity contribution is 0.547. The Labute approximate surface area is 117 Å². The SMILES string of the molecule is CC(C)n1c(S)c(S)n(-c2ccccc2)c1=S. The smallest absolute Gasteiger partial charge is 0.186 e. The predicted octanol–water partition coefficient (Wildman–Crippen LogP) is 4.17. The molecule has 0 aliphatic rings. The van der Waals surface area contributed by atoms with Gasteiger partial charge < -0.3 is 4.57 Å². The van der Waals surface area contributed by atoms with E-state index in [1.54, 1.807) is 0 Å². The predicted molar refractivity (Wildman–Crippen MR) is 79.5 cm³/mol. The van der Waals surface area contributed by atoms with E-state index in [1.165, 1.54) is 0 Å². The number of para-hydroxylation sites is 1. The van der Waals surface area contributed by atoms with Crippen LogP contribution in [-0.4, -0.2) is 9.13 Å². The third-order valence-corrected chi connectivity index (χ3v) is 3.96. The first-order chi connectivity index (χ1) is 8.04. The Balaban J connectivity index is 2.73. The highest BCUT2D eigenvalue weighted by Gasteiger charge is 2.15. The number of hydrogen-bond acceptors (Lipinski definition) is 3. The first-order valence-corrected chi connectivity index (χ1v) is 6.65. The standard InChI is InChI=1S/C12H14N2S3/c1-8(2)13-10(15)11(16)14(12(13)17)9-6-4-3-5-7-9/h3-8,15-16H,1-2H3. The summed E-state index contributed by atoms with van der Waals surface area (Å²) < 4.78 is 4.65. The Morgan fingerprint density at radius 3 is 2.12 bits per heavy atom. The second-order valence-corrected chi connectivity index (χ2v) is 5.28. The normalized spacial score (nSPS) is 11.1. The average Bonchev–Trinajstić information content (AvgIpc) is 2.51. The number of imidazole rings is 1. The summed E-state index contributed by atoms with van der Waals surface area (Å²) in [7, 11) is 0. The molecule has 0 saturated heterocycles.